The Morgan fingerprint density at radius 3 is 2.03 bits per heavy atom. The molecular weight excluding hydrogens is 523 g/mol. The summed E-state index contributed by atoms with van der Waals surface area (Å²) in [5.74, 6) is -0.907. The number of fused-ring (bicyclic) bond motifs is 2. The Bertz CT molecular complexity index is 1100. The van der Waals surface area contributed by atoms with Gasteiger partial charge in [-0.2, -0.15) is 0 Å². The highest BCUT2D eigenvalue weighted by molar-refractivity contribution is 6.38. The van der Waals surface area contributed by atoms with E-state index in [2.05, 4.69) is 0 Å². The predicted octanol–water partition coefficient (Wildman–Crippen LogP) is 5.60. The molecule has 0 fully saturated rings. The number of carbonyl (C=O) groups is 2. The van der Waals surface area contributed by atoms with Crippen molar-refractivity contribution in [1.82, 2.24) is 0 Å². The molecule has 2 unspecified atom stereocenters. The lowest BCUT2D eigenvalue weighted by atomic mass is 9.93. The summed E-state index contributed by atoms with van der Waals surface area (Å²) in [7, 11) is 0. The number of rotatable bonds is 4. The van der Waals surface area contributed by atoms with E-state index in [1.807, 2.05) is 0 Å². The van der Waals surface area contributed by atoms with Gasteiger partial charge in [-0.1, -0.05) is 34.8 Å². The molecule has 2 aromatic carbocycles. The lowest BCUT2D eigenvalue weighted by molar-refractivity contribution is -0.146. The van der Waals surface area contributed by atoms with Crippen molar-refractivity contribution in [3.8, 4) is 23.0 Å². The molecule has 0 aromatic heterocycles. The summed E-state index contributed by atoms with van der Waals surface area (Å²) in [6.07, 6.45) is 1.07. The van der Waals surface area contributed by atoms with Gasteiger partial charge in [0.25, 0.3) is 0 Å². The predicted molar refractivity (Wildman–Crippen MR) is 130 cm³/mol. The highest BCUT2D eigenvalue weighted by Crippen LogP contribution is 2.47. The standard InChI is InChI=1S/C12H12Cl2O4.C12H13ClO4/c1-2-17-12(16)6-3-4-18-11-7(6)5-8(13)10(15)9(11)14;1-2-16-12(15)7-3-4-17-11-6-10(14)9(13)5-8(7)11/h5-6,15H,2-4H2,1H3;5-7,14H,2-4H2,1H3. The van der Waals surface area contributed by atoms with Gasteiger partial charge in [0.15, 0.2) is 5.75 Å². The van der Waals surface area contributed by atoms with E-state index in [-0.39, 0.29) is 44.4 Å². The minimum atomic E-state index is -0.454. The molecule has 0 saturated heterocycles. The van der Waals surface area contributed by atoms with Crippen LogP contribution in [-0.4, -0.2) is 48.6 Å². The molecule has 0 aliphatic carbocycles. The third-order valence-electron chi connectivity index (χ3n) is 5.47. The summed E-state index contributed by atoms with van der Waals surface area (Å²) in [6, 6.07) is 4.49. The number of carbonyl (C=O) groups excluding carboxylic acids is 2. The van der Waals surface area contributed by atoms with Crippen LogP contribution < -0.4 is 9.47 Å². The molecule has 0 saturated carbocycles. The van der Waals surface area contributed by atoms with Gasteiger partial charge in [0, 0.05) is 17.2 Å². The van der Waals surface area contributed by atoms with Gasteiger partial charge in [-0.3, -0.25) is 9.59 Å². The van der Waals surface area contributed by atoms with Crippen molar-refractivity contribution in [3.05, 3.63) is 44.4 Å². The Hall–Kier alpha value is -2.55. The molecule has 8 nitrogen and oxygen atoms in total. The number of phenolic OH excluding ortho intramolecular Hbond substituents is 2. The van der Waals surface area contributed by atoms with Crippen LogP contribution in [0.5, 0.6) is 23.0 Å². The first-order chi connectivity index (χ1) is 16.7. The first-order valence-electron chi connectivity index (χ1n) is 11.0. The smallest absolute Gasteiger partial charge is 0.313 e. The molecule has 2 aliphatic rings. The monoisotopic (exact) mass is 546 g/mol. The normalized spacial score (nSPS) is 18.0. The molecule has 0 amide bonds. The Morgan fingerprint density at radius 2 is 1.43 bits per heavy atom. The number of halogens is 3. The lowest BCUT2D eigenvalue weighted by Gasteiger charge is -2.25. The first kappa shape index (κ1) is 27.0. The summed E-state index contributed by atoms with van der Waals surface area (Å²) < 4.78 is 20.8. The molecule has 4 rings (SSSR count). The van der Waals surface area contributed by atoms with Crippen molar-refractivity contribution >= 4 is 46.7 Å². The Labute approximate surface area is 217 Å². The fourth-order valence-corrected chi connectivity index (χ4v) is 4.52. The molecule has 2 N–H and O–H groups in total. The Kier molecular flexibility index (Phi) is 9.21. The third kappa shape index (κ3) is 6.00. The van der Waals surface area contributed by atoms with Gasteiger partial charge in [-0.15, -0.1) is 0 Å². The number of phenols is 2. The van der Waals surface area contributed by atoms with Crippen LogP contribution in [0, 0.1) is 0 Å². The second-order valence-electron chi connectivity index (χ2n) is 7.66. The number of benzene rings is 2. The maximum Gasteiger partial charge on any atom is 0.313 e. The van der Waals surface area contributed by atoms with E-state index in [1.165, 1.54) is 12.1 Å². The zero-order chi connectivity index (χ0) is 25.7. The maximum atomic E-state index is 11.8. The minimum absolute atomic E-state index is 0.0338. The minimum Gasteiger partial charge on any atom is -0.506 e. The van der Waals surface area contributed by atoms with Crippen LogP contribution >= 0.6 is 34.8 Å². The van der Waals surface area contributed by atoms with Crippen LogP contribution in [-0.2, 0) is 19.1 Å². The molecule has 11 heteroatoms. The van der Waals surface area contributed by atoms with Crippen molar-refractivity contribution in [2.24, 2.45) is 0 Å². The van der Waals surface area contributed by atoms with E-state index in [0.717, 1.165) is 0 Å². The molecule has 35 heavy (non-hydrogen) atoms. The van der Waals surface area contributed by atoms with Crippen molar-refractivity contribution < 1.29 is 38.7 Å². The summed E-state index contributed by atoms with van der Waals surface area (Å²) in [6.45, 7) is 4.94. The Morgan fingerprint density at radius 1 is 0.886 bits per heavy atom. The average molecular weight is 548 g/mol. The summed E-state index contributed by atoms with van der Waals surface area (Å²) >= 11 is 17.6. The average Bonchev–Trinajstić information content (AvgIpc) is 2.83. The Balaban J connectivity index is 0.000000196. The quantitative estimate of drug-likeness (QED) is 0.476. The van der Waals surface area contributed by atoms with Gasteiger partial charge < -0.3 is 29.2 Å². The molecule has 2 atom stereocenters. The number of hydrogen-bond donors (Lipinski definition) is 2. The second kappa shape index (κ2) is 11.9. The molecule has 0 bridgehead atoms. The third-order valence-corrected chi connectivity index (χ3v) is 6.41. The first-order valence-corrected chi connectivity index (χ1v) is 12.1. The lowest BCUT2D eigenvalue weighted by Crippen LogP contribution is -2.23. The number of aromatic hydroxyl groups is 2. The van der Waals surface area contributed by atoms with E-state index < -0.39 is 5.92 Å². The van der Waals surface area contributed by atoms with Crippen molar-refractivity contribution in [3.63, 3.8) is 0 Å². The van der Waals surface area contributed by atoms with Gasteiger partial charge >= 0.3 is 11.9 Å². The number of esters is 2. The molecule has 190 valence electrons. The molecule has 0 spiro atoms. The van der Waals surface area contributed by atoms with Gasteiger partial charge in [0.2, 0.25) is 0 Å². The van der Waals surface area contributed by atoms with Crippen LogP contribution in [0.25, 0.3) is 0 Å². The van der Waals surface area contributed by atoms with Gasteiger partial charge in [-0.25, -0.2) is 0 Å². The number of ether oxygens (including phenoxy) is 4. The molecule has 2 aromatic rings. The molecular formula is C24H25Cl3O8. The van der Waals surface area contributed by atoms with Crippen LogP contribution in [0.1, 0.15) is 49.7 Å². The summed E-state index contributed by atoms with van der Waals surface area (Å²) in [5, 5.41) is 19.4. The highest BCUT2D eigenvalue weighted by atomic mass is 35.5. The van der Waals surface area contributed by atoms with E-state index in [1.54, 1.807) is 19.9 Å². The van der Waals surface area contributed by atoms with E-state index in [4.69, 9.17) is 53.8 Å². The van der Waals surface area contributed by atoms with Crippen molar-refractivity contribution in [2.45, 2.75) is 38.5 Å². The van der Waals surface area contributed by atoms with E-state index >= 15 is 0 Å². The topological polar surface area (TPSA) is 112 Å². The number of hydrogen-bond acceptors (Lipinski definition) is 8. The SMILES string of the molecule is CCOC(=O)C1CCOc2c1cc(Cl)c(O)c2Cl.CCOC(=O)C1CCOc2cc(O)c(Cl)cc21. The van der Waals surface area contributed by atoms with Gasteiger partial charge in [0.1, 0.15) is 22.3 Å². The van der Waals surface area contributed by atoms with Gasteiger partial charge in [-0.05, 0) is 38.8 Å². The fraction of sp³-hybridized carbons (Fsp3) is 0.417. The molecule has 2 aliphatic heterocycles. The van der Waals surface area contributed by atoms with Gasteiger partial charge in [0.05, 0.1) is 48.3 Å². The van der Waals surface area contributed by atoms with Crippen LogP contribution in [0.4, 0.5) is 0 Å². The van der Waals surface area contributed by atoms with E-state index in [0.29, 0.717) is 61.9 Å². The largest absolute Gasteiger partial charge is 0.506 e. The van der Waals surface area contributed by atoms with Crippen LogP contribution in [0.15, 0.2) is 18.2 Å². The van der Waals surface area contributed by atoms with E-state index in [9.17, 15) is 19.8 Å². The van der Waals surface area contributed by atoms with Crippen molar-refractivity contribution in [1.29, 1.82) is 0 Å². The zero-order valence-electron chi connectivity index (χ0n) is 19.1. The van der Waals surface area contributed by atoms with Crippen LogP contribution in [0.2, 0.25) is 15.1 Å². The van der Waals surface area contributed by atoms with Crippen molar-refractivity contribution in [2.75, 3.05) is 26.4 Å². The van der Waals surface area contributed by atoms with Crippen LogP contribution in [0.3, 0.4) is 0 Å². The molecule has 2 heterocycles. The fourth-order valence-electron chi connectivity index (χ4n) is 3.82. The second-order valence-corrected chi connectivity index (χ2v) is 8.86. The summed E-state index contributed by atoms with van der Waals surface area (Å²) in [5.41, 5.74) is 1.24. The maximum absolute atomic E-state index is 11.8. The zero-order valence-corrected chi connectivity index (χ0v) is 21.4. The summed E-state index contributed by atoms with van der Waals surface area (Å²) in [4.78, 5) is 23.6. The highest BCUT2D eigenvalue weighted by Gasteiger charge is 2.32. The molecule has 0 radical (unpaired) electrons.